The van der Waals surface area contributed by atoms with Crippen molar-refractivity contribution in [3.63, 3.8) is 0 Å². The van der Waals surface area contributed by atoms with Crippen LogP contribution in [0.1, 0.15) is 34.6 Å². The second kappa shape index (κ2) is 5.99. The quantitative estimate of drug-likeness (QED) is 0.933. The Hall–Kier alpha value is -2.04. The summed E-state index contributed by atoms with van der Waals surface area (Å²) in [5.41, 5.74) is 0.859. The SMILES string of the molecule is CCN1C(=O)C(C)(C)COc2cc(NC(=O)C(C)C)ccc21. The highest BCUT2D eigenvalue weighted by Gasteiger charge is 2.37. The fourth-order valence-corrected chi connectivity index (χ4v) is 2.33. The zero-order valence-electron chi connectivity index (χ0n) is 13.9. The zero-order valence-corrected chi connectivity index (χ0v) is 13.9. The minimum absolute atomic E-state index is 0.0441. The molecule has 0 aliphatic carbocycles. The van der Waals surface area contributed by atoms with Gasteiger partial charge in [-0.2, -0.15) is 0 Å². The van der Waals surface area contributed by atoms with Gasteiger partial charge in [-0.25, -0.2) is 0 Å². The predicted octanol–water partition coefficient (Wildman–Crippen LogP) is 3.05. The molecule has 1 aliphatic rings. The monoisotopic (exact) mass is 304 g/mol. The number of amides is 2. The lowest BCUT2D eigenvalue weighted by molar-refractivity contribution is -0.127. The molecule has 1 aliphatic heterocycles. The summed E-state index contributed by atoms with van der Waals surface area (Å²) in [6.45, 7) is 10.3. The van der Waals surface area contributed by atoms with Gasteiger partial charge in [-0.3, -0.25) is 9.59 Å². The Morgan fingerprint density at radius 1 is 1.41 bits per heavy atom. The summed E-state index contributed by atoms with van der Waals surface area (Å²) in [7, 11) is 0. The zero-order chi connectivity index (χ0) is 16.5. The lowest BCUT2D eigenvalue weighted by Crippen LogP contribution is -2.42. The Labute approximate surface area is 131 Å². The van der Waals surface area contributed by atoms with E-state index in [0.717, 1.165) is 5.69 Å². The molecule has 0 atom stereocenters. The van der Waals surface area contributed by atoms with E-state index >= 15 is 0 Å². The van der Waals surface area contributed by atoms with Gasteiger partial charge in [0.1, 0.15) is 12.4 Å². The molecule has 1 heterocycles. The molecule has 0 spiro atoms. The smallest absolute Gasteiger partial charge is 0.236 e. The maximum atomic E-state index is 12.6. The number of rotatable bonds is 3. The first-order valence-corrected chi connectivity index (χ1v) is 7.66. The number of hydrogen-bond donors (Lipinski definition) is 1. The summed E-state index contributed by atoms with van der Waals surface area (Å²) >= 11 is 0. The Bertz CT molecular complexity index is 594. The fourth-order valence-electron chi connectivity index (χ4n) is 2.33. The third kappa shape index (κ3) is 3.08. The van der Waals surface area contributed by atoms with E-state index in [4.69, 9.17) is 4.74 Å². The molecule has 1 aromatic rings. The minimum atomic E-state index is -0.573. The van der Waals surface area contributed by atoms with Gasteiger partial charge in [-0.15, -0.1) is 0 Å². The molecular weight excluding hydrogens is 280 g/mol. The molecule has 0 saturated heterocycles. The van der Waals surface area contributed by atoms with E-state index in [1.54, 1.807) is 17.0 Å². The third-order valence-electron chi connectivity index (χ3n) is 3.77. The first-order chi connectivity index (χ1) is 10.3. The lowest BCUT2D eigenvalue weighted by Gasteiger charge is -2.26. The van der Waals surface area contributed by atoms with Crippen molar-refractivity contribution < 1.29 is 14.3 Å². The summed E-state index contributed by atoms with van der Waals surface area (Å²) in [6, 6.07) is 5.41. The number of nitrogens with one attached hydrogen (secondary N) is 1. The lowest BCUT2D eigenvalue weighted by atomic mass is 9.93. The van der Waals surface area contributed by atoms with Gasteiger partial charge in [0.25, 0.3) is 0 Å². The standard InChI is InChI=1S/C17H24N2O3/c1-6-19-13-8-7-12(18-15(20)11(2)3)9-14(13)22-10-17(4,5)16(19)21/h7-9,11H,6,10H2,1-5H3,(H,18,20). The van der Waals surface area contributed by atoms with E-state index in [1.807, 2.05) is 40.7 Å². The highest BCUT2D eigenvalue weighted by Crippen LogP contribution is 2.38. The molecule has 1 N–H and O–H groups in total. The van der Waals surface area contributed by atoms with Gasteiger partial charge in [-0.05, 0) is 32.9 Å². The number of hydrogen-bond acceptors (Lipinski definition) is 3. The van der Waals surface area contributed by atoms with Gasteiger partial charge in [0.05, 0.1) is 11.1 Å². The van der Waals surface area contributed by atoms with Crippen LogP contribution in [0.25, 0.3) is 0 Å². The molecule has 22 heavy (non-hydrogen) atoms. The Balaban J connectivity index is 2.36. The largest absolute Gasteiger partial charge is 0.490 e. The number of benzene rings is 1. The van der Waals surface area contributed by atoms with E-state index in [2.05, 4.69) is 5.32 Å². The Morgan fingerprint density at radius 3 is 2.68 bits per heavy atom. The average molecular weight is 304 g/mol. The molecule has 2 amide bonds. The number of anilines is 2. The molecule has 120 valence electrons. The highest BCUT2D eigenvalue weighted by atomic mass is 16.5. The molecule has 0 bridgehead atoms. The molecule has 0 radical (unpaired) electrons. The number of carbonyl (C=O) groups is 2. The van der Waals surface area contributed by atoms with Crippen LogP contribution in [0.15, 0.2) is 18.2 Å². The van der Waals surface area contributed by atoms with Gasteiger partial charge in [0, 0.05) is 24.2 Å². The van der Waals surface area contributed by atoms with E-state index < -0.39 is 5.41 Å². The molecule has 0 aromatic heterocycles. The molecule has 5 nitrogen and oxygen atoms in total. The van der Waals surface area contributed by atoms with Gasteiger partial charge < -0.3 is 15.0 Å². The summed E-state index contributed by atoms with van der Waals surface area (Å²) in [5, 5.41) is 2.85. The van der Waals surface area contributed by atoms with E-state index in [9.17, 15) is 9.59 Å². The molecular formula is C17H24N2O3. The van der Waals surface area contributed by atoms with Gasteiger partial charge in [-0.1, -0.05) is 13.8 Å². The summed E-state index contributed by atoms with van der Waals surface area (Å²) in [4.78, 5) is 26.1. The summed E-state index contributed by atoms with van der Waals surface area (Å²) < 4.78 is 5.84. The molecule has 1 aromatic carbocycles. The van der Waals surface area contributed by atoms with Crippen LogP contribution in [0.4, 0.5) is 11.4 Å². The van der Waals surface area contributed by atoms with Crippen LogP contribution < -0.4 is 15.0 Å². The maximum absolute atomic E-state index is 12.6. The van der Waals surface area contributed by atoms with Crippen molar-refractivity contribution in [2.24, 2.45) is 11.3 Å². The number of nitrogens with zero attached hydrogens (tertiary/aromatic N) is 1. The van der Waals surface area contributed by atoms with Crippen molar-refractivity contribution in [2.45, 2.75) is 34.6 Å². The van der Waals surface area contributed by atoms with E-state index in [0.29, 0.717) is 24.6 Å². The van der Waals surface area contributed by atoms with Crippen molar-refractivity contribution in [3.8, 4) is 5.75 Å². The minimum Gasteiger partial charge on any atom is -0.490 e. The predicted molar refractivity (Wildman–Crippen MR) is 87.2 cm³/mol. The second-order valence-corrected chi connectivity index (χ2v) is 6.55. The number of ether oxygens (including phenoxy) is 1. The van der Waals surface area contributed by atoms with Crippen molar-refractivity contribution >= 4 is 23.2 Å². The van der Waals surface area contributed by atoms with Crippen LogP contribution in [0.3, 0.4) is 0 Å². The number of carbonyl (C=O) groups excluding carboxylic acids is 2. The van der Waals surface area contributed by atoms with Crippen LogP contribution >= 0.6 is 0 Å². The van der Waals surface area contributed by atoms with Crippen molar-refractivity contribution in [1.82, 2.24) is 0 Å². The van der Waals surface area contributed by atoms with E-state index in [-0.39, 0.29) is 17.7 Å². The fraction of sp³-hybridized carbons (Fsp3) is 0.529. The Morgan fingerprint density at radius 2 is 2.09 bits per heavy atom. The maximum Gasteiger partial charge on any atom is 0.236 e. The summed E-state index contributed by atoms with van der Waals surface area (Å²) in [5.74, 6) is 0.541. The van der Waals surface area contributed by atoms with Crippen LogP contribution in [0.2, 0.25) is 0 Å². The highest BCUT2D eigenvalue weighted by molar-refractivity contribution is 6.00. The molecule has 0 saturated carbocycles. The molecule has 5 heteroatoms. The second-order valence-electron chi connectivity index (χ2n) is 6.55. The van der Waals surface area contributed by atoms with Crippen molar-refractivity contribution in [1.29, 1.82) is 0 Å². The van der Waals surface area contributed by atoms with Crippen molar-refractivity contribution in [3.05, 3.63) is 18.2 Å². The molecule has 2 rings (SSSR count). The van der Waals surface area contributed by atoms with Gasteiger partial charge in [0.15, 0.2) is 0 Å². The van der Waals surface area contributed by atoms with Gasteiger partial charge >= 0.3 is 0 Å². The van der Waals surface area contributed by atoms with Crippen LogP contribution in [-0.2, 0) is 9.59 Å². The summed E-state index contributed by atoms with van der Waals surface area (Å²) in [6.07, 6.45) is 0. The van der Waals surface area contributed by atoms with Crippen LogP contribution in [0.5, 0.6) is 5.75 Å². The van der Waals surface area contributed by atoms with Crippen LogP contribution in [-0.4, -0.2) is 25.0 Å². The van der Waals surface area contributed by atoms with Gasteiger partial charge in [0.2, 0.25) is 11.8 Å². The third-order valence-corrected chi connectivity index (χ3v) is 3.77. The normalized spacial score (nSPS) is 16.8. The topological polar surface area (TPSA) is 58.6 Å². The van der Waals surface area contributed by atoms with Crippen LogP contribution in [0, 0.1) is 11.3 Å². The average Bonchev–Trinajstić information content (AvgIpc) is 2.55. The Kier molecular flexibility index (Phi) is 4.44. The molecule has 0 unspecified atom stereocenters. The number of fused-ring (bicyclic) bond motifs is 1. The first kappa shape index (κ1) is 16.3. The first-order valence-electron chi connectivity index (χ1n) is 7.66. The molecule has 0 fully saturated rings. The van der Waals surface area contributed by atoms with Crippen molar-refractivity contribution in [2.75, 3.05) is 23.4 Å². The van der Waals surface area contributed by atoms with E-state index in [1.165, 1.54) is 0 Å².